The van der Waals surface area contributed by atoms with Crippen LogP contribution in [0.1, 0.15) is 10.4 Å². The summed E-state index contributed by atoms with van der Waals surface area (Å²) in [4.78, 5) is 14.0. The zero-order valence-corrected chi connectivity index (χ0v) is 15.8. The Labute approximate surface area is 154 Å². The number of benzene rings is 2. The van der Waals surface area contributed by atoms with Crippen LogP contribution in [0.4, 0.5) is 5.69 Å². The number of hydrogen-bond donors (Lipinski definition) is 2. The molecule has 0 radical (unpaired) electrons. The fourth-order valence-corrected chi connectivity index (χ4v) is 3.37. The molecule has 140 valence electrons. The van der Waals surface area contributed by atoms with Gasteiger partial charge in [0.15, 0.2) is 0 Å². The molecule has 0 unspecified atom stereocenters. The predicted molar refractivity (Wildman–Crippen MR) is 101 cm³/mol. The van der Waals surface area contributed by atoms with E-state index in [9.17, 15) is 13.2 Å². The van der Waals surface area contributed by atoms with Crippen LogP contribution in [0.2, 0.25) is 0 Å². The Hall–Kier alpha value is -2.58. The van der Waals surface area contributed by atoms with Gasteiger partial charge in [0.25, 0.3) is 15.9 Å². The maximum atomic E-state index is 12.6. The largest absolute Gasteiger partial charge is 0.497 e. The molecule has 0 saturated heterocycles. The van der Waals surface area contributed by atoms with Crippen molar-refractivity contribution < 1.29 is 17.9 Å². The second-order valence-corrected chi connectivity index (χ2v) is 7.37. The smallest absolute Gasteiger partial charge is 0.261 e. The third kappa shape index (κ3) is 4.96. The standard InChI is InChI=1S/C18H23N3O4S/c1-19-11-12-21(2)18(22)14-5-4-6-17(13-14)26(23,24)20-15-7-9-16(25-3)10-8-15/h4-10,13,19-20H,11-12H2,1-3H3. The van der Waals surface area contributed by atoms with Gasteiger partial charge in [-0.3, -0.25) is 9.52 Å². The molecule has 2 rings (SSSR count). The number of sulfonamides is 1. The van der Waals surface area contributed by atoms with Crippen molar-refractivity contribution in [2.24, 2.45) is 0 Å². The lowest BCUT2D eigenvalue weighted by molar-refractivity contribution is 0.0796. The van der Waals surface area contributed by atoms with Crippen LogP contribution >= 0.6 is 0 Å². The fourth-order valence-electron chi connectivity index (χ4n) is 2.27. The summed E-state index contributed by atoms with van der Waals surface area (Å²) in [6.07, 6.45) is 0. The lowest BCUT2D eigenvalue weighted by Crippen LogP contribution is -2.32. The Morgan fingerprint density at radius 2 is 1.85 bits per heavy atom. The highest BCUT2D eigenvalue weighted by Crippen LogP contribution is 2.20. The van der Waals surface area contributed by atoms with Crippen LogP contribution in [-0.4, -0.2) is 53.5 Å². The van der Waals surface area contributed by atoms with E-state index in [1.165, 1.54) is 19.2 Å². The van der Waals surface area contributed by atoms with E-state index in [0.29, 0.717) is 30.1 Å². The number of likely N-dealkylation sites (N-methyl/N-ethyl adjacent to an activating group) is 2. The van der Waals surface area contributed by atoms with E-state index < -0.39 is 10.0 Å². The molecule has 2 N–H and O–H groups in total. The first-order chi connectivity index (χ1) is 12.4. The first-order valence-corrected chi connectivity index (χ1v) is 9.52. The van der Waals surface area contributed by atoms with Gasteiger partial charge in [-0.2, -0.15) is 0 Å². The lowest BCUT2D eigenvalue weighted by atomic mass is 10.2. The number of rotatable bonds is 8. The quantitative estimate of drug-likeness (QED) is 0.732. The lowest BCUT2D eigenvalue weighted by Gasteiger charge is -2.17. The molecule has 0 atom stereocenters. The van der Waals surface area contributed by atoms with Gasteiger partial charge >= 0.3 is 0 Å². The minimum atomic E-state index is -3.81. The van der Waals surface area contributed by atoms with Gasteiger partial charge in [0.1, 0.15) is 5.75 Å². The molecule has 0 heterocycles. The van der Waals surface area contributed by atoms with E-state index >= 15 is 0 Å². The number of carbonyl (C=O) groups excluding carboxylic acids is 1. The van der Waals surface area contributed by atoms with Crippen molar-refractivity contribution in [3.8, 4) is 5.75 Å². The van der Waals surface area contributed by atoms with Gasteiger partial charge in [-0.25, -0.2) is 8.42 Å². The van der Waals surface area contributed by atoms with E-state index in [1.54, 1.807) is 55.4 Å². The minimum absolute atomic E-state index is 0.0289. The number of methoxy groups -OCH3 is 1. The Morgan fingerprint density at radius 3 is 2.46 bits per heavy atom. The molecule has 7 nitrogen and oxygen atoms in total. The summed E-state index contributed by atoms with van der Waals surface area (Å²) in [5, 5.41) is 2.97. The molecule has 26 heavy (non-hydrogen) atoms. The molecule has 0 fully saturated rings. The molecule has 2 aromatic rings. The molecule has 0 aromatic heterocycles. The topological polar surface area (TPSA) is 87.7 Å². The molecule has 0 saturated carbocycles. The summed E-state index contributed by atoms with van der Waals surface area (Å²) in [6, 6.07) is 12.5. The van der Waals surface area contributed by atoms with Crippen LogP contribution in [-0.2, 0) is 10.0 Å². The van der Waals surface area contributed by atoms with Crippen LogP contribution < -0.4 is 14.8 Å². The summed E-state index contributed by atoms with van der Waals surface area (Å²) >= 11 is 0. The van der Waals surface area contributed by atoms with E-state index in [1.807, 2.05) is 0 Å². The molecule has 0 aliphatic carbocycles. The van der Waals surface area contributed by atoms with Gasteiger partial charge in [-0.05, 0) is 49.5 Å². The van der Waals surface area contributed by atoms with Gasteiger partial charge in [0.05, 0.1) is 12.0 Å². The van der Waals surface area contributed by atoms with Crippen molar-refractivity contribution in [2.45, 2.75) is 4.90 Å². The molecule has 0 spiro atoms. The van der Waals surface area contributed by atoms with Crippen LogP contribution in [0, 0.1) is 0 Å². The Morgan fingerprint density at radius 1 is 1.15 bits per heavy atom. The molecule has 8 heteroatoms. The summed E-state index contributed by atoms with van der Waals surface area (Å²) in [5.41, 5.74) is 0.731. The highest BCUT2D eigenvalue weighted by atomic mass is 32.2. The van der Waals surface area contributed by atoms with E-state index in [-0.39, 0.29) is 10.8 Å². The average Bonchev–Trinajstić information content (AvgIpc) is 2.66. The number of anilines is 1. The van der Waals surface area contributed by atoms with Crippen molar-refractivity contribution in [1.29, 1.82) is 0 Å². The monoisotopic (exact) mass is 377 g/mol. The maximum Gasteiger partial charge on any atom is 0.261 e. The van der Waals surface area contributed by atoms with Crippen LogP contribution in [0.3, 0.4) is 0 Å². The van der Waals surface area contributed by atoms with Gasteiger partial charge in [-0.15, -0.1) is 0 Å². The number of ether oxygens (including phenoxy) is 1. The minimum Gasteiger partial charge on any atom is -0.497 e. The van der Waals surface area contributed by atoms with Gasteiger partial charge in [0.2, 0.25) is 0 Å². The Kier molecular flexibility index (Phi) is 6.59. The van der Waals surface area contributed by atoms with Crippen LogP contribution in [0.15, 0.2) is 53.4 Å². The summed E-state index contributed by atoms with van der Waals surface area (Å²) in [6.45, 7) is 1.18. The molecular formula is C18H23N3O4S. The number of carbonyl (C=O) groups is 1. The molecule has 1 amide bonds. The zero-order chi connectivity index (χ0) is 19.2. The highest BCUT2D eigenvalue weighted by molar-refractivity contribution is 7.92. The molecule has 0 aliphatic rings. The third-order valence-electron chi connectivity index (χ3n) is 3.78. The van der Waals surface area contributed by atoms with E-state index in [2.05, 4.69) is 10.0 Å². The number of nitrogens with one attached hydrogen (secondary N) is 2. The molecule has 0 aliphatic heterocycles. The predicted octanol–water partition coefficient (Wildman–Crippen LogP) is 1.79. The number of amides is 1. The maximum absolute atomic E-state index is 12.6. The second kappa shape index (κ2) is 8.68. The zero-order valence-electron chi connectivity index (χ0n) is 15.0. The molecular weight excluding hydrogens is 354 g/mol. The highest BCUT2D eigenvalue weighted by Gasteiger charge is 2.18. The fraction of sp³-hybridized carbons (Fsp3) is 0.278. The van der Waals surface area contributed by atoms with Crippen molar-refractivity contribution in [3.05, 3.63) is 54.1 Å². The van der Waals surface area contributed by atoms with Crippen molar-refractivity contribution in [1.82, 2.24) is 10.2 Å². The van der Waals surface area contributed by atoms with E-state index in [0.717, 1.165) is 0 Å². The number of nitrogens with zero attached hydrogens (tertiary/aromatic N) is 1. The summed E-state index contributed by atoms with van der Waals surface area (Å²) in [5.74, 6) is 0.395. The first kappa shape index (κ1) is 19.7. The summed E-state index contributed by atoms with van der Waals surface area (Å²) < 4.78 is 32.7. The van der Waals surface area contributed by atoms with E-state index in [4.69, 9.17) is 4.74 Å². The van der Waals surface area contributed by atoms with Crippen molar-refractivity contribution in [3.63, 3.8) is 0 Å². The van der Waals surface area contributed by atoms with Gasteiger partial charge in [0, 0.05) is 31.4 Å². The number of hydrogen-bond acceptors (Lipinski definition) is 5. The van der Waals surface area contributed by atoms with Crippen molar-refractivity contribution >= 4 is 21.6 Å². The van der Waals surface area contributed by atoms with Gasteiger partial charge in [-0.1, -0.05) is 6.07 Å². The van der Waals surface area contributed by atoms with Crippen LogP contribution in [0.25, 0.3) is 0 Å². The SMILES string of the molecule is CNCCN(C)C(=O)c1cccc(S(=O)(=O)Nc2ccc(OC)cc2)c1. The van der Waals surface area contributed by atoms with Crippen molar-refractivity contribution in [2.75, 3.05) is 39.0 Å². The average molecular weight is 377 g/mol. The molecule has 0 bridgehead atoms. The molecule has 2 aromatic carbocycles. The first-order valence-electron chi connectivity index (χ1n) is 8.04. The third-order valence-corrected chi connectivity index (χ3v) is 5.16. The van der Waals surface area contributed by atoms with Crippen LogP contribution in [0.5, 0.6) is 5.75 Å². The summed E-state index contributed by atoms with van der Waals surface area (Å²) in [7, 11) is 1.21. The van der Waals surface area contributed by atoms with Gasteiger partial charge < -0.3 is 15.0 Å². The second-order valence-electron chi connectivity index (χ2n) is 5.69. The Balaban J connectivity index is 2.20. The normalized spacial score (nSPS) is 11.0. The Bertz CT molecular complexity index is 851.